The molecule has 0 fully saturated rings. The summed E-state index contributed by atoms with van der Waals surface area (Å²) in [5.41, 5.74) is 4.33. The van der Waals surface area contributed by atoms with Gasteiger partial charge in [0.15, 0.2) is 23.4 Å². The highest BCUT2D eigenvalue weighted by molar-refractivity contribution is 7.85. The summed E-state index contributed by atoms with van der Waals surface area (Å²) in [5, 5.41) is 9.43. The Morgan fingerprint density at radius 3 is 2.61 bits per heavy atom. The zero-order chi connectivity index (χ0) is 23.0. The second kappa shape index (κ2) is 7.89. The molecule has 0 radical (unpaired) electrons. The first kappa shape index (κ1) is 22.6. The molecule has 1 aliphatic heterocycles. The van der Waals surface area contributed by atoms with Crippen molar-refractivity contribution in [1.29, 1.82) is 5.26 Å². The lowest BCUT2D eigenvalue weighted by molar-refractivity contribution is -0.138. The molecule has 0 saturated carbocycles. The lowest BCUT2D eigenvalue weighted by Gasteiger charge is -2.24. The Hall–Kier alpha value is -3.05. The van der Waals surface area contributed by atoms with Crippen LogP contribution in [0.5, 0.6) is 5.75 Å². The van der Waals surface area contributed by atoms with Gasteiger partial charge in [-0.2, -0.15) is 31.8 Å². The number of fused-ring (bicyclic) bond motifs is 1. The zero-order valence-corrected chi connectivity index (χ0v) is 16.9. The number of hydrogen-bond donors (Lipinski definition) is 2. The van der Waals surface area contributed by atoms with Gasteiger partial charge < -0.3 is 10.5 Å². The predicted octanol–water partition coefficient (Wildman–Crippen LogP) is 2.43. The molecule has 3 N–H and O–H groups in total. The summed E-state index contributed by atoms with van der Waals surface area (Å²) in [6, 6.07) is 6.43. The molecule has 1 atom stereocenters. The molecular formula is C18H17F3N5O4S+. The third-order valence-electron chi connectivity index (χ3n) is 4.46. The molecule has 1 aliphatic rings. The van der Waals surface area contributed by atoms with Crippen molar-refractivity contribution in [3.8, 4) is 23.1 Å². The SMILES string of the molecule is C[N+]1(CS(=O)(=O)O)C=Nc2c1cc(-c1ccc(OCCN)c(C(F)(F)F)c1)nc2C#N. The van der Waals surface area contributed by atoms with Crippen molar-refractivity contribution in [3.63, 3.8) is 0 Å². The Kier molecular flexibility index (Phi) is 5.76. The quantitative estimate of drug-likeness (QED) is 0.503. The van der Waals surface area contributed by atoms with E-state index in [2.05, 4.69) is 9.98 Å². The maximum Gasteiger partial charge on any atom is 0.419 e. The zero-order valence-electron chi connectivity index (χ0n) is 16.1. The van der Waals surface area contributed by atoms with Crippen molar-refractivity contribution in [2.24, 2.45) is 10.7 Å². The summed E-state index contributed by atoms with van der Waals surface area (Å²) in [6.07, 6.45) is -3.52. The van der Waals surface area contributed by atoms with Gasteiger partial charge in [-0.3, -0.25) is 4.55 Å². The Bertz CT molecular complexity index is 1210. The summed E-state index contributed by atoms with van der Waals surface area (Å²) in [7, 11) is -3.03. The molecule has 31 heavy (non-hydrogen) atoms. The van der Waals surface area contributed by atoms with Crippen LogP contribution in [-0.4, -0.2) is 50.4 Å². The van der Waals surface area contributed by atoms with E-state index in [4.69, 9.17) is 10.5 Å². The fourth-order valence-corrected chi connectivity index (χ4v) is 4.05. The van der Waals surface area contributed by atoms with Crippen LogP contribution in [-0.2, 0) is 16.3 Å². The predicted molar refractivity (Wildman–Crippen MR) is 106 cm³/mol. The number of quaternary nitrogens is 1. The maximum absolute atomic E-state index is 13.5. The van der Waals surface area contributed by atoms with Crippen LogP contribution < -0.4 is 15.0 Å². The third kappa shape index (κ3) is 4.67. The van der Waals surface area contributed by atoms with Gasteiger partial charge in [0.05, 0.1) is 18.3 Å². The Balaban J connectivity index is 2.16. The first-order chi connectivity index (χ1) is 14.4. The summed E-state index contributed by atoms with van der Waals surface area (Å²) < 4.78 is 77.4. The first-order valence-electron chi connectivity index (χ1n) is 8.74. The van der Waals surface area contributed by atoms with E-state index < -0.39 is 38.0 Å². The topological polar surface area (TPSA) is 139 Å². The molecule has 0 aliphatic carbocycles. The highest BCUT2D eigenvalue weighted by Crippen LogP contribution is 2.43. The molecule has 1 unspecified atom stereocenters. The van der Waals surface area contributed by atoms with Crippen molar-refractivity contribution >= 4 is 27.8 Å². The fourth-order valence-electron chi connectivity index (χ4n) is 3.16. The van der Waals surface area contributed by atoms with E-state index in [0.29, 0.717) is 0 Å². The molecule has 13 heteroatoms. The van der Waals surface area contributed by atoms with Crippen molar-refractivity contribution in [3.05, 3.63) is 35.5 Å². The van der Waals surface area contributed by atoms with E-state index in [9.17, 15) is 31.4 Å². The number of pyridine rings is 1. The number of alkyl halides is 3. The summed E-state index contributed by atoms with van der Waals surface area (Å²) in [5.74, 6) is -1.18. The van der Waals surface area contributed by atoms with Gasteiger partial charge in [0.2, 0.25) is 5.88 Å². The van der Waals surface area contributed by atoms with Gasteiger partial charge in [0.1, 0.15) is 18.4 Å². The Labute approximate surface area is 175 Å². The van der Waals surface area contributed by atoms with Crippen LogP contribution in [0.15, 0.2) is 29.3 Å². The molecule has 0 bridgehead atoms. The van der Waals surface area contributed by atoms with Crippen LogP contribution in [0.1, 0.15) is 11.3 Å². The van der Waals surface area contributed by atoms with E-state index >= 15 is 0 Å². The number of hydrogen-bond acceptors (Lipinski definition) is 7. The van der Waals surface area contributed by atoms with E-state index in [1.807, 2.05) is 6.07 Å². The summed E-state index contributed by atoms with van der Waals surface area (Å²) in [4.78, 5) is 8.11. The van der Waals surface area contributed by atoms with Crippen LogP contribution in [0.25, 0.3) is 11.3 Å². The molecule has 164 valence electrons. The Morgan fingerprint density at radius 1 is 1.32 bits per heavy atom. The number of halogens is 3. The average molecular weight is 456 g/mol. The Morgan fingerprint density at radius 2 is 2.03 bits per heavy atom. The number of aliphatic imine (C=N–C) groups is 1. The number of nitriles is 1. The minimum Gasteiger partial charge on any atom is -0.492 e. The number of nitrogens with zero attached hydrogens (tertiary/aromatic N) is 4. The van der Waals surface area contributed by atoms with Crippen molar-refractivity contribution < 1.29 is 30.9 Å². The molecule has 1 aromatic carbocycles. The minimum absolute atomic E-state index is 0.00337. The average Bonchev–Trinajstić information content (AvgIpc) is 2.99. The normalized spacial score (nSPS) is 18.0. The summed E-state index contributed by atoms with van der Waals surface area (Å²) >= 11 is 0. The van der Waals surface area contributed by atoms with E-state index in [1.54, 1.807) is 0 Å². The molecule has 0 amide bonds. The van der Waals surface area contributed by atoms with Gasteiger partial charge >= 0.3 is 16.3 Å². The van der Waals surface area contributed by atoms with Gasteiger partial charge in [-0.05, 0) is 18.2 Å². The van der Waals surface area contributed by atoms with E-state index in [-0.39, 0.29) is 41.5 Å². The number of nitrogens with two attached hydrogens (primary N) is 1. The smallest absolute Gasteiger partial charge is 0.419 e. The molecule has 2 heterocycles. The van der Waals surface area contributed by atoms with Gasteiger partial charge in [-0.15, -0.1) is 0 Å². The lowest BCUT2D eigenvalue weighted by atomic mass is 10.0. The van der Waals surface area contributed by atoms with Gasteiger partial charge in [0, 0.05) is 18.2 Å². The number of aromatic nitrogens is 1. The molecule has 0 spiro atoms. The fraction of sp³-hybridized carbons (Fsp3) is 0.278. The van der Waals surface area contributed by atoms with Crippen molar-refractivity contribution in [2.75, 3.05) is 26.1 Å². The van der Waals surface area contributed by atoms with Crippen molar-refractivity contribution in [2.45, 2.75) is 6.18 Å². The monoisotopic (exact) mass is 456 g/mol. The molecule has 1 aromatic heterocycles. The third-order valence-corrected chi connectivity index (χ3v) is 5.32. The largest absolute Gasteiger partial charge is 0.492 e. The van der Waals surface area contributed by atoms with Gasteiger partial charge in [-0.1, -0.05) is 0 Å². The number of rotatable bonds is 6. The number of benzene rings is 1. The number of ether oxygens (including phenoxy) is 1. The van der Waals surface area contributed by atoms with Crippen molar-refractivity contribution in [1.82, 2.24) is 9.47 Å². The molecule has 3 rings (SSSR count). The first-order valence-corrected chi connectivity index (χ1v) is 10.3. The van der Waals surface area contributed by atoms with Gasteiger partial charge in [0.25, 0.3) is 0 Å². The summed E-state index contributed by atoms with van der Waals surface area (Å²) in [6.45, 7) is -0.0812. The standard InChI is InChI=1S/C18H16F3N5O4S/c1-26(10-31(27,28)29)9-24-17-14(8-23)25-13(7-15(17)26)11-2-3-16(30-5-4-22)12(6-11)18(19,20)21/h2-3,6-7,9H,4-5,10,22H2,1H3/p+1. The van der Waals surface area contributed by atoms with Crippen LogP contribution in [0, 0.1) is 11.3 Å². The van der Waals surface area contributed by atoms with Crippen LogP contribution in [0.4, 0.5) is 24.5 Å². The highest BCUT2D eigenvalue weighted by Gasteiger charge is 2.39. The maximum atomic E-state index is 13.5. The lowest BCUT2D eigenvalue weighted by Crippen LogP contribution is -2.45. The minimum atomic E-state index is -4.73. The van der Waals surface area contributed by atoms with E-state index in [0.717, 1.165) is 12.1 Å². The molecule has 0 saturated heterocycles. The van der Waals surface area contributed by atoms with E-state index in [1.165, 1.54) is 25.5 Å². The van der Waals surface area contributed by atoms with Crippen LogP contribution in [0.2, 0.25) is 0 Å². The molecular weight excluding hydrogens is 439 g/mol. The van der Waals surface area contributed by atoms with Crippen LogP contribution in [0.3, 0.4) is 0 Å². The molecule has 2 aromatic rings. The van der Waals surface area contributed by atoms with Crippen LogP contribution >= 0.6 is 0 Å². The second-order valence-corrected chi connectivity index (χ2v) is 8.33. The highest BCUT2D eigenvalue weighted by atomic mass is 32.2. The van der Waals surface area contributed by atoms with Gasteiger partial charge in [-0.25, -0.2) is 9.47 Å². The molecule has 9 nitrogen and oxygen atoms in total. The second-order valence-electron chi connectivity index (χ2n) is 6.90.